The van der Waals surface area contributed by atoms with Crippen molar-refractivity contribution in [2.24, 2.45) is 5.73 Å². The number of alkyl carbamates (subject to hydrolysis) is 1. The number of halogens is 1. The molecule has 2 aromatic rings. The van der Waals surface area contributed by atoms with Crippen LogP contribution in [0.4, 0.5) is 4.79 Å². The molecule has 2 aromatic carbocycles. The maximum absolute atomic E-state index is 12.1. The molecule has 1 atom stereocenters. The van der Waals surface area contributed by atoms with Crippen molar-refractivity contribution in [3.63, 3.8) is 0 Å². The number of nitrogens with one attached hydrogen (secondary N) is 2. The Bertz CT molecular complexity index is 844. The van der Waals surface area contributed by atoms with E-state index in [9.17, 15) is 14.4 Å². The minimum Gasteiger partial charge on any atom is -0.445 e. The number of nitrogens with two attached hydrogens (primary N) is 1. The average Bonchev–Trinajstić information content (AvgIpc) is 2.76. The smallest absolute Gasteiger partial charge is 0.407 e. The summed E-state index contributed by atoms with van der Waals surface area (Å²) in [6.07, 6.45) is 2.24. The van der Waals surface area contributed by atoms with Gasteiger partial charge in [-0.15, -0.1) is 0 Å². The number of carbonyl (C=O) groups excluding carboxylic acids is 3. The molecule has 166 valence electrons. The highest BCUT2D eigenvalue weighted by molar-refractivity contribution is 6.30. The van der Waals surface area contributed by atoms with Gasteiger partial charge in [-0.05, 0) is 36.1 Å². The van der Waals surface area contributed by atoms with E-state index in [1.165, 1.54) is 0 Å². The average molecular weight is 446 g/mol. The molecule has 0 heterocycles. The minimum atomic E-state index is -0.769. The van der Waals surface area contributed by atoms with E-state index in [1.54, 1.807) is 24.3 Å². The van der Waals surface area contributed by atoms with Crippen molar-refractivity contribution in [1.82, 2.24) is 10.6 Å². The van der Waals surface area contributed by atoms with E-state index >= 15 is 0 Å². The summed E-state index contributed by atoms with van der Waals surface area (Å²) in [5, 5.41) is 5.97. The third kappa shape index (κ3) is 10.00. The number of benzene rings is 2. The molecule has 0 aliphatic heterocycles. The molecule has 4 N–H and O–H groups in total. The predicted octanol–water partition coefficient (Wildman–Crippen LogP) is 3.34. The Morgan fingerprint density at radius 1 is 0.935 bits per heavy atom. The summed E-state index contributed by atoms with van der Waals surface area (Å²) in [4.78, 5) is 35.5. The number of primary amides is 1. The highest BCUT2D eigenvalue weighted by Crippen LogP contribution is 2.11. The third-order valence-electron chi connectivity index (χ3n) is 4.59. The van der Waals surface area contributed by atoms with Crippen LogP contribution in [0.5, 0.6) is 0 Å². The molecule has 0 unspecified atom stereocenters. The van der Waals surface area contributed by atoms with Gasteiger partial charge in [0.05, 0.1) is 0 Å². The molecule has 0 fully saturated rings. The van der Waals surface area contributed by atoms with Crippen molar-refractivity contribution >= 4 is 29.5 Å². The number of unbranched alkanes of at least 4 members (excludes halogenated alkanes) is 2. The van der Waals surface area contributed by atoms with Gasteiger partial charge in [0.15, 0.2) is 0 Å². The Labute approximate surface area is 187 Å². The van der Waals surface area contributed by atoms with Crippen LogP contribution < -0.4 is 16.4 Å². The lowest BCUT2D eigenvalue weighted by atomic mass is 10.0. The van der Waals surface area contributed by atoms with Gasteiger partial charge >= 0.3 is 6.09 Å². The Balaban J connectivity index is 1.57. The fourth-order valence-corrected chi connectivity index (χ4v) is 3.02. The maximum atomic E-state index is 12.1. The molecule has 31 heavy (non-hydrogen) atoms. The van der Waals surface area contributed by atoms with Gasteiger partial charge in [-0.1, -0.05) is 60.5 Å². The van der Waals surface area contributed by atoms with Crippen molar-refractivity contribution in [2.45, 2.75) is 44.8 Å². The molecule has 7 nitrogen and oxygen atoms in total. The molecule has 2 rings (SSSR count). The first kappa shape index (κ1) is 24.2. The Kier molecular flexibility index (Phi) is 10.4. The van der Waals surface area contributed by atoms with Crippen LogP contribution in [0.25, 0.3) is 0 Å². The zero-order chi connectivity index (χ0) is 22.5. The van der Waals surface area contributed by atoms with Gasteiger partial charge in [0.2, 0.25) is 11.8 Å². The molecule has 0 radical (unpaired) electrons. The standard InChI is InChI=1S/C23H28ClN3O4/c24-19-12-10-17(11-13-19)15-20(22(25)29)27-21(28)9-5-2-6-14-26-23(30)31-16-18-7-3-1-4-8-18/h1,3-4,7-8,10-13,20H,2,5-6,9,14-16H2,(H2,25,29)(H,26,30)(H,27,28)/t20-/m1/s1. The van der Waals surface area contributed by atoms with Crippen LogP contribution in [0.1, 0.15) is 36.8 Å². The quantitative estimate of drug-likeness (QED) is 0.435. The van der Waals surface area contributed by atoms with Crippen molar-refractivity contribution in [3.05, 3.63) is 70.7 Å². The van der Waals surface area contributed by atoms with Gasteiger partial charge in [0, 0.05) is 24.4 Å². The molecule has 0 saturated heterocycles. The minimum absolute atomic E-state index is 0.226. The number of carbonyl (C=O) groups is 3. The highest BCUT2D eigenvalue weighted by Gasteiger charge is 2.18. The lowest BCUT2D eigenvalue weighted by Crippen LogP contribution is -2.45. The van der Waals surface area contributed by atoms with Crippen LogP contribution in [0, 0.1) is 0 Å². The van der Waals surface area contributed by atoms with Gasteiger partial charge in [-0.2, -0.15) is 0 Å². The first-order valence-corrected chi connectivity index (χ1v) is 10.6. The molecular weight excluding hydrogens is 418 g/mol. The van der Waals surface area contributed by atoms with Crippen LogP contribution in [-0.4, -0.2) is 30.5 Å². The molecular formula is C23H28ClN3O4. The van der Waals surface area contributed by atoms with Gasteiger partial charge < -0.3 is 21.1 Å². The highest BCUT2D eigenvalue weighted by atomic mass is 35.5. The van der Waals surface area contributed by atoms with Crippen LogP contribution >= 0.6 is 11.6 Å². The van der Waals surface area contributed by atoms with Gasteiger partial charge in [0.1, 0.15) is 12.6 Å². The summed E-state index contributed by atoms with van der Waals surface area (Å²) in [6, 6.07) is 15.7. The fraction of sp³-hybridized carbons (Fsp3) is 0.348. The molecule has 3 amide bonds. The zero-order valence-corrected chi connectivity index (χ0v) is 18.1. The first-order valence-electron chi connectivity index (χ1n) is 10.2. The maximum Gasteiger partial charge on any atom is 0.407 e. The predicted molar refractivity (Wildman–Crippen MR) is 119 cm³/mol. The summed E-state index contributed by atoms with van der Waals surface area (Å²) < 4.78 is 5.13. The number of hydrogen-bond acceptors (Lipinski definition) is 4. The van der Waals surface area contributed by atoms with E-state index in [0.29, 0.717) is 24.4 Å². The summed E-state index contributed by atoms with van der Waals surface area (Å²) in [5.41, 5.74) is 7.20. The number of hydrogen-bond donors (Lipinski definition) is 3. The molecule has 0 bridgehead atoms. The second-order valence-corrected chi connectivity index (χ2v) is 7.59. The van der Waals surface area contributed by atoms with Crippen LogP contribution in [0.2, 0.25) is 5.02 Å². The van der Waals surface area contributed by atoms with E-state index in [0.717, 1.165) is 24.0 Å². The van der Waals surface area contributed by atoms with Crippen LogP contribution in [0.15, 0.2) is 54.6 Å². The number of amides is 3. The van der Waals surface area contributed by atoms with E-state index in [2.05, 4.69) is 10.6 Å². The molecule has 0 spiro atoms. The fourth-order valence-electron chi connectivity index (χ4n) is 2.90. The molecule has 0 aliphatic carbocycles. The normalized spacial score (nSPS) is 11.4. The number of rotatable bonds is 12. The van der Waals surface area contributed by atoms with E-state index < -0.39 is 18.0 Å². The van der Waals surface area contributed by atoms with Crippen molar-refractivity contribution in [1.29, 1.82) is 0 Å². The summed E-state index contributed by atoms with van der Waals surface area (Å²) in [6.45, 7) is 0.694. The summed E-state index contributed by atoms with van der Waals surface area (Å²) >= 11 is 5.86. The largest absolute Gasteiger partial charge is 0.445 e. The third-order valence-corrected chi connectivity index (χ3v) is 4.85. The molecule has 0 aromatic heterocycles. The lowest BCUT2D eigenvalue weighted by molar-refractivity contribution is -0.127. The Hall–Kier alpha value is -3.06. The van der Waals surface area contributed by atoms with Crippen molar-refractivity contribution in [2.75, 3.05) is 6.54 Å². The summed E-state index contributed by atoms with van der Waals surface area (Å²) in [7, 11) is 0. The zero-order valence-electron chi connectivity index (χ0n) is 17.3. The van der Waals surface area contributed by atoms with Gasteiger partial charge in [0.25, 0.3) is 0 Å². The lowest BCUT2D eigenvalue weighted by Gasteiger charge is -2.15. The molecule has 0 aliphatic rings. The van der Waals surface area contributed by atoms with Crippen LogP contribution in [-0.2, 0) is 27.4 Å². The number of ether oxygens (including phenoxy) is 1. The van der Waals surface area contributed by atoms with E-state index in [-0.39, 0.29) is 18.9 Å². The van der Waals surface area contributed by atoms with Gasteiger partial charge in [-0.25, -0.2) is 4.79 Å². The van der Waals surface area contributed by atoms with Crippen LogP contribution in [0.3, 0.4) is 0 Å². The van der Waals surface area contributed by atoms with E-state index in [4.69, 9.17) is 22.1 Å². The van der Waals surface area contributed by atoms with E-state index in [1.807, 2.05) is 30.3 Å². The SMILES string of the molecule is NC(=O)[C@@H](Cc1ccc(Cl)cc1)NC(=O)CCCCCNC(=O)OCc1ccccc1. The Morgan fingerprint density at radius 3 is 2.32 bits per heavy atom. The summed E-state index contributed by atoms with van der Waals surface area (Å²) in [5.74, 6) is -0.811. The van der Waals surface area contributed by atoms with Gasteiger partial charge in [-0.3, -0.25) is 9.59 Å². The Morgan fingerprint density at radius 2 is 1.65 bits per heavy atom. The second kappa shape index (κ2) is 13.3. The van der Waals surface area contributed by atoms with Crippen molar-refractivity contribution in [3.8, 4) is 0 Å². The molecule has 0 saturated carbocycles. The second-order valence-electron chi connectivity index (χ2n) is 7.15. The van der Waals surface area contributed by atoms with Crippen molar-refractivity contribution < 1.29 is 19.1 Å². The topological polar surface area (TPSA) is 111 Å². The monoisotopic (exact) mass is 445 g/mol. The molecule has 8 heteroatoms. The first-order chi connectivity index (χ1) is 14.9.